The Morgan fingerprint density at radius 3 is 2.80 bits per heavy atom. The predicted octanol–water partition coefficient (Wildman–Crippen LogP) is 3.44. The minimum atomic E-state index is -0.193. The van der Waals surface area contributed by atoms with E-state index in [1.54, 1.807) is 11.3 Å². The average Bonchev–Trinajstić information content (AvgIpc) is 2.98. The van der Waals surface area contributed by atoms with Crippen molar-refractivity contribution in [3.63, 3.8) is 0 Å². The molecule has 0 spiro atoms. The molecule has 20 heavy (non-hydrogen) atoms. The van der Waals surface area contributed by atoms with Crippen LogP contribution in [0.25, 0.3) is 0 Å². The summed E-state index contributed by atoms with van der Waals surface area (Å²) in [5.41, 5.74) is 2.60. The topological polar surface area (TPSA) is 29.5 Å². The van der Waals surface area contributed by atoms with Gasteiger partial charge in [0, 0.05) is 24.5 Å². The summed E-state index contributed by atoms with van der Waals surface area (Å²) in [5.74, 6) is -0.193. The normalized spacial score (nSPS) is 14.2. The van der Waals surface area contributed by atoms with Crippen molar-refractivity contribution in [2.75, 3.05) is 6.61 Å². The van der Waals surface area contributed by atoms with E-state index >= 15 is 0 Å². The lowest BCUT2D eigenvalue weighted by Gasteiger charge is -2.14. The summed E-state index contributed by atoms with van der Waals surface area (Å²) in [6.07, 6.45) is 0. The maximum absolute atomic E-state index is 11.7. The van der Waals surface area contributed by atoms with E-state index in [1.165, 1.54) is 16.0 Å². The molecule has 1 aromatic carbocycles. The number of carbonyl (C=O) groups is 1. The van der Waals surface area contributed by atoms with Gasteiger partial charge in [-0.3, -0.25) is 4.90 Å². The molecule has 3 nitrogen and oxygen atoms in total. The molecule has 0 unspecified atom stereocenters. The van der Waals surface area contributed by atoms with E-state index in [0.29, 0.717) is 6.61 Å². The summed E-state index contributed by atoms with van der Waals surface area (Å²) in [6, 6.07) is 12.5. The first-order valence-electron chi connectivity index (χ1n) is 6.81. The summed E-state index contributed by atoms with van der Waals surface area (Å²) < 4.78 is 5.05. The average molecular weight is 287 g/mol. The molecular formula is C16H17NO2S. The van der Waals surface area contributed by atoms with Crippen LogP contribution in [0, 0.1) is 0 Å². The van der Waals surface area contributed by atoms with Gasteiger partial charge >= 0.3 is 5.97 Å². The van der Waals surface area contributed by atoms with E-state index in [4.69, 9.17) is 4.74 Å². The van der Waals surface area contributed by atoms with E-state index in [2.05, 4.69) is 29.2 Å². The Morgan fingerprint density at radius 1 is 1.30 bits per heavy atom. The van der Waals surface area contributed by atoms with Crippen LogP contribution in [0.15, 0.2) is 36.4 Å². The van der Waals surface area contributed by atoms with Gasteiger partial charge in [-0.1, -0.05) is 30.3 Å². The van der Waals surface area contributed by atoms with Crippen molar-refractivity contribution < 1.29 is 9.53 Å². The third kappa shape index (κ3) is 2.76. The molecule has 0 amide bonds. The standard InChI is InChI=1S/C16H17NO2S/c1-2-19-16(18)14-8-13-10-17(11-15(13)20-14)9-12-6-4-3-5-7-12/h3-8H,2,9-11H2,1H3. The molecule has 1 aliphatic rings. The van der Waals surface area contributed by atoms with Crippen molar-refractivity contribution >= 4 is 17.3 Å². The molecule has 1 aliphatic heterocycles. The Labute approximate surface area is 122 Å². The van der Waals surface area contributed by atoms with Crippen molar-refractivity contribution in [1.29, 1.82) is 0 Å². The van der Waals surface area contributed by atoms with E-state index in [0.717, 1.165) is 24.5 Å². The van der Waals surface area contributed by atoms with Crippen LogP contribution in [-0.2, 0) is 24.4 Å². The number of rotatable bonds is 4. The van der Waals surface area contributed by atoms with Crippen LogP contribution in [0.4, 0.5) is 0 Å². The SMILES string of the molecule is CCOC(=O)c1cc2c(s1)CN(Cc1ccccc1)C2. The number of esters is 1. The zero-order valence-corrected chi connectivity index (χ0v) is 12.3. The number of nitrogens with zero attached hydrogens (tertiary/aromatic N) is 1. The third-order valence-corrected chi connectivity index (χ3v) is 4.53. The molecule has 4 heteroatoms. The maximum atomic E-state index is 11.7. The molecule has 0 bridgehead atoms. The van der Waals surface area contributed by atoms with Crippen LogP contribution in [0.5, 0.6) is 0 Å². The number of carbonyl (C=O) groups excluding carboxylic acids is 1. The van der Waals surface area contributed by atoms with Crippen molar-refractivity contribution in [3.8, 4) is 0 Å². The van der Waals surface area contributed by atoms with Crippen LogP contribution < -0.4 is 0 Å². The quantitative estimate of drug-likeness (QED) is 0.807. The zero-order chi connectivity index (χ0) is 13.9. The molecule has 0 saturated carbocycles. The first kappa shape index (κ1) is 13.3. The highest BCUT2D eigenvalue weighted by atomic mass is 32.1. The lowest BCUT2D eigenvalue weighted by molar-refractivity contribution is 0.0532. The lowest BCUT2D eigenvalue weighted by atomic mass is 10.2. The minimum absolute atomic E-state index is 0.193. The highest BCUT2D eigenvalue weighted by Gasteiger charge is 2.24. The summed E-state index contributed by atoms with van der Waals surface area (Å²) in [5, 5.41) is 0. The van der Waals surface area contributed by atoms with E-state index in [1.807, 2.05) is 19.1 Å². The maximum Gasteiger partial charge on any atom is 0.348 e. The molecule has 0 radical (unpaired) electrons. The second-order valence-electron chi connectivity index (χ2n) is 4.91. The molecule has 2 aromatic rings. The number of thiophene rings is 1. The van der Waals surface area contributed by atoms with Crippen LogP contribution in [0.2, 0.25) is 0 Å². The molecule has 1 aromatic heterocycles. The smallest absolute Gasteiger partial charge is 0.348 e. The summed E-state index contributed by atoms with van der Waals surface area (Å²) in [7, 11) is 0. The van der Waals surface area contributed by atoms with Gasteiger partial charge in [-0.2, -0.15) is 0 Å². The minimum Gasteiger partial charge on any atom is -0.462 e. The van der Waals surface area contributed by atoms with Crippen LogP contribution in [0.1, 0.15) is 32.6 Å². The largest absolute Gasteiger partial charge is 0.462 e. The summed E-state index contributed by atoms with van der Waals surface area (Å²) in [6.45, 7) is 5.06. The van der Waals surface area contributed by atoms with Gasteiger partial charge in [0.1, 0.15) is 4.88 Å². The van der Waals surface area contributed by atoms with Gasteiger partial charge in [-0.25, -0.2) is 4.79 Å². The lowest BCUT2D eigenvalue weighted by Crippen LogP contribution is -2.15. The number of hydrogen-bond acceptors (Lipinski definition) is 4. The van der Waals surface area contributed by atoms with E-state index in [9.17, 15) is 4.79 Å². The van der Waals surface area contributed by atoms with Gasteiger partial charge in [0.25, 0.3) is 0 Å². The zero-order valence-electron chi connectivity index (χ0n) is 11.5. The molecule has 104 valence electrons. The monoisotopic (exact) mass is 287 g/mol. The Morgan fingerprint density at radius 2 is 2.10 bits per heavy atom. The van der Waals surface area contributed by atoms with Gasteiger partial charge in [-0.15, -0.1) is 11.3 Å². The summed E-state index contributed by atoms with van der Waals surface area (Å²) >= 11 is 1.57. The van der Waals surface area contributed by atoms with Crippen molar-refractivity contribution in [3.05, 3.63) is 57.3 Å². The molecule has 0 fully saturated rings. The first-order chi connectivity index (χ1) is 9.76. The Balaban J connectivity index is 1.65. The fourth-order valence-electron chi connectivity index (χ4n) is 2.49. The molecule has 2 heterocycles. The molecule has 0 aliphatic carbocycles. The van der Waals surface area contributed by atoms with E-state index in [-0.39, 0.29) is 5.97 Å². The van der Waals surface area contributed by atoms with Gasteiger partial charge in [0.2, 0.25) is 0 Å². The second-order valence-corrected chi connectivity index (χ2v) is 6.05. The number of fused-ring (bicyclic) bond motifs is 1. The second kappa shape index (κ2) is 5.77. The molecule has 0 N–H and O–H groups in total. The Hall–Kier alpha value is -1.65. The summed E-state index contributed by atoms with van der Waals surface area (Å²) in [4.78, 5) is 16.1. The van der Waals surface area contributed by atoms with Crippen molar-refractivity contribution in [1.82, 2.24) is 4.90 Å². The fourth-order valence-corrected chi connectivity index (χ4v) is 3.60. The molecule has 3 rings (SSSR count). The van der Waals surface area contributed by atoms with Crippen LogP contribution in [0.3, 0.4) is 0 Å². The Kier molecular flexibility index (Phi) is 3.85. The van der Waals surface area contributed by atoms with Gasteiger partial charge in [0.05, 0.1) is 6.61 Å². The van der Waals surface area contributed by atoms with E-state index < -0.39 is 0 Å². The Bertz CT molecular complexity index is 583. The van der Waals surface area contributed by atoms with Crippen molar-refractivity contribution in [2.24, 2.45) is 0 Å². The molecule has 0 atom stereocenters. The molecular weight excluding hydrogens is 270 g/mol. The fraction of sp³-hybridized carbons (Fsp3) is 0.312. The highest BCUT2D eigenvalue weighted by Crippen LogP contribution is 2.32. The third-order valence-electron chi connectivity index (χ3n) is 3.38. The number of benzene rings is 1. The first-order valence-corrected chi connectivity index (χ1v) is 7.63. The van der Waals surface area contributed by atoms with Crippen LogP contribution >= 0.6 is 11.3 Å². The van der Waals surface area contributed by atoms with Gasteiger partial charge in [0.15, 0.2) is 0 Å². The van der Waals surface area contributed by atoms with Gasteiger partial charge < -0.3 is 4.74 Å². The predicted molar refractivity (Wildman–Crippen MR) is 79.7 cm³/mol. The number of ether oxygens (including phenoxy) is 1. The van der Waals surface area contributed by atoms with Crippen molar-refractivity contribution in [2.45, 2.75) is 26.6 Å². The van der Waals surface area contributed by atoms with Gasteiger partial charge in [-0.05, 0) is 24.1 Å². The van der Waals surface area contributed by atoms with Crippen LogP contribution in [-0.4, -0.2) is 17.5 Å². The molecule has 0 saturated heterocycles. The number of hydrogen-bond donors (Lipinski definition) is 0. The highest BCUT2D eigenvalue weighted by molar-refractivity contribution is 7.14.